The van der Waals surface area contributed by atoms with Crippen molar-refractivity contribution in [1.82, 2.24) is 4.57 Å². The van der Waals surface area contributed by atoms with E-state index in [0.29, 0.717) is 0 Å². The van der Waals surface area contributed by atoms with Gasteiger partial charge in [-0.1, -0.05) is 25.7 Å². The fourth-order valence-corrected chi connectivity index (χ4v) is 10.5. The van der Waals surface area contributed by atoms with Crippen LogP contribution in [-0.4, -0.2) is 52.6 Å². The number of hydrogen-bond acceptors (Lipinski definition) is 5. The summed E-state index contributed by atoms with van der Waals surface area (Å²) in [4.78, 5) is 0. The Bertz CT molecular complexity index is 1220. The van der Waals surface area contributed by atoms with Crippen molar-refractivity contribution in [2.75, 3.05) is 6.54 Å². The van der Waals surface area contributed by atoms with Crippen molar-refractivity contribution < 1.29 is 17.7 Å². The molecule has 0 radical (unpaired) electrons. The van der Waals surface area contributed by atoms with Crippen molar-refractivity contribution in [2.45, 2.75) is 117 Å². The van der Waals surface area contributed by atoms with Gasteiger partial charge < -0.3 is 22.3 Å². The molecule has 41 heavy (non-hydrogen) atoms. The number of nitrogens with zero attached hydrogens (tertiary/aromatic N) is 1. The molecule has 1 unspecified atom stereocenters. The summed E-state index contributed by atoms with van der Waals surface area (Å²) in [6.45, 7) is 35.4. The molecule has 2 aromatic carbocycles. The molecule has 1 heterocycles. The molecule has 0 fully saturated rings. The monoisotopic (exact) mass is 647 g/mol. The summed E-state index contributed by atoms with van der Waals surface area (Å²) in [5, 5.41) is 0. The standard InChI is InChI=1S/C31H57NO4Si5/c1-37(2,3)32-19-18-25-22-30(35-40(10,11)12)31(36-41(13,14)15)23-26(25)27(32)20-24-16-17-28(33-38(4,5)6)29(21-24)34-39(7,8)9/h16-17,21-23,27H,18-20H2,1-15H3. The quantitative estimate of drug-likeness (QED) is 0.227. The van der Waals surface area contributed by atoms with Crippen molar-refractivity contribution in [3.8, 4) is 23.0 Å². The summed E-state index contributed by atoms with van der Waals surface area (Å²) in [6.07, 6.45) is 1.96. The molecule has 0 amide bonds. The van der Waals surface area contributed by atoms with Gasteiger partial charge >= 0.3 is 0 Å². The van der Waals surface area contributed by atoms with Crippen molar-refractivity contribution in [3.63, 3.8) is 0 Å². The second-order valence-corrected chi connectivity index (χ2v) is 39.1. The van der Waals surface area contributed by atoms with Gasteiger partial charge in [0.25, 0.3) is 0 Å². The predicted molar refractivity (Wildman–Crippen MR) is 189 cm³/mol. The van der Waals surface area contributed by atoms with Crippen LogP contribution in [0, 0.1) is 0 Å². The Balaban J connectivity index is 2.14. The largest absolute Gasteiger partial charge is 0.542 e. The average molecular weight is 648 g/mol. The Hall–Kier alpha value is -1.32. The smallest absolute Gasteiger partial charge is 0.242 e. The summed E-state index contributed by atoms with van der Waals surface area (Å²) < 4.78 is 29.2. The molecule has 0 N–H and O–H groups in total. The maximum atomic E-state index is 6.70. The SMILES string of the molecule is C[Si](C)(C)Oc1ccc(CC2c3cc(O[Si](C)(C)C)c(O[Si](C)(C)C)cc3CCN2[Si](C)(C)C)cc1O[Si](C)(C)C. The average Bonchev–Trinajstić information content (AvgIpc) is 2.71. The summed E-state index contributed by atoms with van der Waals surface area (Å²) in [6, 6.07) is 11.6. The highest BCUT2D eigenvalue weighted by molar-refractivity contribution is 6.73. The van der Waals surface area contributed by atoms with Crippen LogP contribution in [0.5, 0.6) is 23.0 Å². The van der Waals surface area contributed by atoms with Crippen LogP contribution in [0.15, 0.2) is 30.3 Å². The molecule has 0 aliphatic carbocycles. The van der Waals surface area contributed by atoms with E-state index < -0.39 is 41.5 Å². The number of hydrogen-bond donors (Lipinski definition) is 0. The van der Waals surface area contributed by atoms with Gasteiger partial charge in [0.1, 0.15) is 31.2 Å². The van der Waals surface area contributed by atoms with Crippen LogP contribution in [-0.2, 0) is 12.8 Å². The highest BCUT2D eigenvalue weighted by Crippen LogP contribution is 2.43. The van der Waals surface area contributed by atoms with Gasteiger partial charge in [0, 0.05) is 6.04 Å². The van der Waals surface area contributed by atoms with Crippen molar-refractivity contribution in [1.29, 1.82) is 0 Å². The summed E-state index contributed by atoms with van der Waals surface area (Å²) >= 11 is 0. The van der Waals surface area contributed by atoms with Gasteiger partial charge in [-0.2, -0.15) is 0 Å². The van der Waals surface area contributed by atoms with Crippen molar-refractivity contribution in [3.05, 3.63) is 47.0 Å². The van der Waals surface area contributed by atoms with E-state index in [0.717, 1.165) is 42.4 Å². The van der Waals surface area contributed by atoms with Gasteiger partial charge in [0.2, 0.25) is 33.3 Å². The van der Waals surface area contributed by atoms with Gasteiger partial charge in [0.05, 0.1) is 0 Å². The number of rotatable bonds is 11. The molecule has 5 nitrogen and oxygen atoms in total. The third-order valence-corrected chi connectivity index (χ3v) is 12.1. The second-order valence-electron chi connectivity index (χ2n) is 16.5. The normalized spacial score (nSPS) is 17.2. The molecular formula is C31H57NO4Si5. The maximum Gasteiger partial charge on any atom is 0.242 e. The third kappa shape index (κ3) is 10.4. The zero-order valence-electron chi connectivity index (χ0n) is 28.7. The Morgan fingerprint density at radius 1 is 0.585 bits per heavy atom. The lowest BCUT2D eigenvalue weighted by Gasteiger charge is -2.45. The zero-order valence-corrected chi connectivity index (χ0v) is 33.7. The molecule has 3 rings (SSSR count). The van der Waals surface area contributed by atoms with E-state index in [1.54, 1.807) is 0 Å². The van der Waals surface area contributed by atoms with Gasteiger partial charge in [-0.15, -0.1) is 0 Å². The molecule has 1 aliphatic rings. The fraction of sp³-hybridized carbons (Fsp3) is 0.613. The third-order valence-electron chi connectivity index (χ3n) is 6.53. The molecule has 1 atom stereocenters. The van der Waals surface area contributed by atoms with E-state index in [9.17, 15) is 0 Å². The number of fused-ring (bicyclic) bond motifs is 1. The first kappa shape index (κ1) is 34.2. The molecule has 0 saturated heterocycles. The Labute approximate surface area is 256 Å². The van der Waals surface area contributed by atoms with Crippen LogP contribution in [0.25, 0.3) is 0 Å². The van der Waals surface area contributed by atoms with E-state index in [4.69, 9.17) is 17.7 Å². The number of benzene rings is 2. The van der Waals surface area contributed by atoms with Gasteiger partial charge in [-0.25, -0.2) is 0 Å². The molecule has 10 heteroatoms. The van der Waals surface area contributed by atoms with E-state index >= 15 is 0 Å². The molecular weight excluding hydrogens is 591 g/mol. The van der Waals surface area contributed by atoms with Crippen molar-refractivity contribution in [2.24, 2.45) is 0 Å². The molecule has 0 spiro atoms. The fourth-order valence-electron chi connectivity index (χ4n) is 5.28. The van der Waals surface area contributed by atoms with Gasteiger partial charge in [0.15, 0.2) is 0 Å². The van der Waals surface area contributed by atoms with Crippen LogP contribution < -0.4 is 17.7 Å². The topological polar surface area (TPSA) is 40.2 Å². The highest BCUT2D eigenvalue weighted by Gasteiger charge is 2.37. The molecule has 0 saturated carbocycles. The minimum absolute atomic E-state index is 0.277. The predicted octanol–water partition coefficient (Wildman–Crippen LogP) is 9.52. The molecule has 0 bridgehead atoms. The highest BCUT2D eigenvalue weighted by atomic mass is 28.4. The van der Waals surface area contributed by atoms with Crippen LogP contribution in [0.1, 0.15) is 22.7 Å². The van der Waals surface area contributed by atoms with E-state index in [2.05, 4.69) is 133 Å². The van der Waals surface area contributed by atoms with E-state index in [1.165, 1.54) is 16.7 Å². The second kappa shape index (κ2) is 12.0. The van der Waals surface area contributed by atoms with Crippen molar-refractivity contribution >= 4 is 41.5 Å². The Morgan fingerprint density at radius 2 is 1.02 bits per heavy atom. The molecule has 2 aromatic rings. The van der Waals surface area contributed by atoms with Gasteiger partial charge in [-0.3, -0.25) is 0 Å². The lowest BCUT2D eigenvalue weighted by molar-refractivity contribution is 0.299. The summed E-state index contributed by atoms with van der Waals surface area (Å²) in [5.74, 6) is 3.65. The van der Waals surface area contributed by atoms with Crippen LogP contribution in [0.2, 0.25) is 98.2 Å². The lowest BCUT2D eigenvalue weighted by atomic mass is 9.89. The first-order valence-corrected chi connectivity index (χ1v) is 32.3. The lowest BCUT2D eigenvalue weighted by Crippen LogP contribution is -2.51. The van der Waals surface area contributed by atoms with E-state index in [1.807, 2.05) is 0 Å². The van der Waals surface area contributed by atoms with Crippen LogP contribution >= 0.6 is 0 Å². The van der Waals surface area contributed by atoms with Crippen LogP contribution in [0.3, 0.4) is 0 Å². The maximum absolute atomic E-state index is 6.70. The Morgan fingerprint density at radius 3 is 1.49 bits per heavy atom. The van der Waals surface area contributed by atoms with Crippen LogP contribution in [0.4, 0.5) is 0 Å². The summed E-state index contributed by atoms with van der Waals surface area (Å²) in [7, 11) is -8.89. The minimum atomic E-state index is -1.85. The first-order valence-electron chi connectivity index (χ1n) is 15.2. The molecule has 230 valence electrons. The van der Waals surface area contributed by atoms with E-state index in [-0.39, 0.29) is 6.04 Å². The molecule has 0 aromatic heterocycles. The summed E-state index contributed by atoms with van der Waals surface area (Å²) in [5.41, 5.74) is 4.08. The Kier molecular flexibility index (Phi) is 10.00. The molecule has 1 aliphatic heterocycles. The zero-order chi connectivity index (χ0) is 31.2. The minimum Gasteiger partial charge on any atom is -0.542 e. The first-order chi connectivity index (χ1) is 18.4. The van der Waals surface area contributed by atoms with Gasteiger partial charge in [-0.05, 0) is 139 Å².